The van der Waals surface area contributed by atoms with Crippen LogP contribution in [0.2, 0.25) is 0 Å². The third-order valence-corrected chi connectivity index (χ3v) is 8.06. The molecule has 1 heteroatoms. The van der Waals surface area contributed by atoms with Gasteiger partial charge in [0.25, 0.3) is 0 Å². The van der Waals surface area contributed by atoms with Crippen LogP contribution in [0.15, 0.2) is 24.3 Å². The molecule has 0 aromatic heterocycles. The average Bonchev–Trinajstić information content (AvgIpc) is 2.75. The second-order valence-corrected chi connectivity index (χ2v) is 10.2. The third-order valence-electron chi connectivity index (χ3n) is 8.06. The quantitative estimate of drug-likeness (QED) is 0.358. The molecule has 0 heterocycles. The minimum Gasteiger partial charge on any atom is -0.494 e. The molecule has 3 atom stereocenters. The summed E-state index contributed by atoms with van der Waals surface area (Å²) in [4.78, 5) is 0. The molecule has 2 aliphatic carbocycles. The van der Waals surface area contributed by atoms with Crippen molar-refractivity contribution in [2.45, 2.75) is 110 Å². The Balaban J connectivity index is 1.43. The van der Waals surface area contributed by atoms with Crippen molar-refractivity contribution in [3.05, 3.63) is 29.8 Å². The number of hydrogen-bond acceptors (Lipinski definition) is 1. The maximum atomic E-state index is 5.85. The summed E-state index contributed by atoms with van der Waals surface area (Å²) in [6.07, 6.45) is 18.5. The van der Waals surface area contributed by atoms with Crippen molar-refractivity contribution in [3.63, 3.8) is 0 Å². The van der Waals surface area contributed by atoms with Crippen LogP contribution in [-0.4, -0.2) is 6.61 Å². The standard InChI is InChI=1S/C28H46O/c1-4-6-8-9-23-10-12-24(13-11-23)26-16-19-28(22(3)21-26)25-14-17-27(18-15-25)29-20-7-5-2/h14-15,17-18,22-24,26,28H,4-13,16,19-21H2,1-3H3/t22-,23?,24?,26?,28-/m1/s1. The maximum Gasteiger partial charge on any atom is 0.119 e. The number of rotatable bonds is 10. The molecular weight excluding hydrogens is 352 g/mol. The number of unbranched alkanes of at least 4 members (excludes halogenated alkanes) is 3. The molecule has 3 rings (SSSR count). The molecule has 1 unspecified atom stereocenters. The summed E-state index contributed by atoms with van der Waals surface area (Å²) < 4.78 is 5.85. The van der Waals surface area contributed by atoms with Crippen LogP contribution in [0.1, 0.15) is 116 Å². The van der Waals surface area contributed by atoms with Crippen LogP contribution in [0.4, 0.5) is 0 Å². The highest BCUT2D eigenvalue weighted by Gasteiger charge is 2.34. The zero-order valence-corrected chi connectivity index (χ0v) is 19.5. The van der Waals surface area contributed by atoms with Gasteiger partial charge in [-0.1, -0.05) is 77.8 Å². The first-order valence-corrected chi connectivity index (χ1v) is 12.9. The van der Waals surface area contributed by atoms with Crippen molar-refractivity contribution in [1.29, 1.82) is 0 Å². The van der Waals surface area contributed by atoms with E-state index in [1.807, 2.05) is 0 Å². The molecule has 0 aliphatic heterocycles. The fourth-order valence-electron chi connectivity index (χ4n) is 6.14. The van der Waals surface area contributed by atoms with E-state index >= 15 is 0 Å². The van der Waals surface area contributed by atoms with Crippen LogP contribution in [0.3, 0.4) is 0 Å². The predicted octanol–water partition coefficient (Wildman–Crippen LogP) is 8.77. The molecule has 0 bridgehead atoms. The average molecular weight is 399 g/mol. The lowest BCUT2D eigenvalue weighted by molar-refractivity contribution is 0.130. The fourth-order valence-corrected chi connectivity index (χ4v) is 6.14. The Morgan fingerprint density at radius 2 is 1.48 bits per heavy atom. The first kappa shape index (κ1) is 22.7. The largest absolute Gasteiger partial charge is 0.494 e. The Kier molecular flexibility index (Phi) is 9.40. The van der Waals surface area contributed by atoms with Gasteiger partial charge in [0.05, 0.1) is 6.61 Å². The monoisotopic (exact) mass is 398 g/mol. The van der Waals surface area contributed by atoms with Gasteiger partial charge in [-0.25, -0.2) is 0 Å². The lowest BCUT2D eigenvalue weighted by atomic mass is 9.65. The lowest BCUT2D eigenvalue weighted by Crippen LogP contribution is -2.29. The Bertz CT molecular complexity index is 554. The van der Waals surface area contributed by atoms with Gasteiger partial charge in [0.2, 0.25) is 0 Å². The van der Waals surface area contributed by atoms with Gasteiger partial charge >= 0.3 is 0 Å². The number of ether oxygens (including phenoxy) is 1. The zero-order valence-electron chi connectivity index (χ0n) is 19.5. The Labute approximate surface area is 181 Å². The molecule has 2 aliphatic rings. The number of hydrogen-bond donors (Lipinski definition) is 0. The molecule has 29 heavy (non-hydrogen) atoms. The van der Waals surface area contributed by atoms with E-state index in [1.54, 1.807) is 5.56 Å². The predicted molar refractivity (Wildman–Crippen MR) is 126 cm³/mol. The normalized spacial score (nSPS) is 30.2. The van der Waals surface area contributed by atoms with Crippen LogP contribution in [0.5, 0.6) is 5.75 Å². The van der Waals surface area contributed by atoms with Gasteiger partial charge in [-0.2, -0.15) is 0 Å². The van der Waals surface area contributed by atoms with Crippen molar-refractivity contribution in [2.75, 3.05) is 6.61 Å². The second-order valence-electron chi connectivity index (χ2n) is 10.2. The van der Waals surface area contributed by atoms with Crippen LogP contribution in [-0.2, 0) is 0 Å². The van der Waals surface area contributed by atoms with E-state index in [4.69, 9.17) is 4.74 Å². The summed E-state index contributed by atoms with van der Waals surface area (Å²) >= 11 is 0. The maximum absolute atomic E-state index is 5.85. The molecule has 0 N–H and O–H groups in total. The summed E-state index contributed by atoms with van der Waals surface area (Å²) in [5, 5.41) is 0. The van der Waals surface area contributed by atoms with Gasteiger partial charge in [0.15, 0.2) is 0 Å². The molecule has 0 amide bonds. The third kappa shape index (κ3) is 6.76. The van der Waals surface area contributed by atoms with Gasteiger partial charge in [0.1, 0.15) is 5.75 Å². The van der Waals surface area contributed by atoms with Crippen LogP contribution in [0.25, 0.3) is 0 Å². The molecule has 0 spiro atoms. The van der Waals surface area contributed by atoms with Gasteiger partial charge in [-0.15, -0.1) is 0 Å². The molecule has 1 aromatic rings. The Morgan fingerprint density at radius 1 is 0.793 bits per heavy atom. The van der Waals surface area contributed by atoms with Gasteiger partial charge < -0.3 is 4.74 Å². The van der Waals surface area contributed by atoms with Gasteiger partial charge in [-0.3, -0.25) is 0 Å². The Morgan fingerprint density at radius 3 is 2.14 bits per heavy atom. The molecule has 164 valence electrons. The highest BCUT2D eigenvalue weighted by molar-refractivity contribution is 5.30. The van der Waals surface area contributed by atoms with Crippen molar-refractivity contribution in [3.8, 4) is 5.75 Å². The minimum atomic E-state index is 0.751. The lowest BCUT2D eigenvalue weighted by Gasteiger charge is -2.41. The Hall–Kier alpha value is -0.980. The van der Waals surface area contributed by atoms with Crippen molar-refractivity contribution in [1.82, 2.24) is 0 Å². The summed E-state index contributed by atoms with van der Waals surface area (Å²) in [5.74, 6) is 5.68. The smallest absolute Gasteiger partial charge is 0.119 e. The molecule has 2 fully saturated rings. The summed E-state index contributed by atoms with van der Waals surface area (Å²) in [5.41, 5.74) is 1.54. The SMILES string of the molecule is CCCCCC1CCC(C2CC[C@@H](c3ccc(OCCCC)cc3)[C@H](C)C2)CC1. The van der Waals surface area contributed by atoms with Gasteiger partial charge in [-0.05, 0) is 85.8 Å². The van der Waals surface area contributed by atoms with Crippen LogP contribution in [0, 0.1) is 23.7 Å². The fraction of sp³-hybridized carbons (Fsp3) is 0.786. The molecule has 1 aromatic carbocycles. The second kappa shape index (κ2) is 12.0. The first-order valence-electron chi connectivity index (χ1n) is 12.9. The summed E-state index contributed by atoms with van der Waals surface area (Å²) in [6.45, 7) is 7.89. The van der Waals surface area contributed by atoms with Gasteiger partial charge in [0, 0.05) is 0 Å². The summed E-state index contributed by atoms with van der Waals surface area (Å²) in [7, 11) is 0. The van der Waals surface area contributed by atoms with Crippen LogP contribution >= 0.6 is 0 Å². The number of benzene rings is 1. The van der Waals surface area contributed by atoms with Crippen molar-refractivity contribution in [2.24, 2.45) is 23.7 Å². The van der Waals surface area contributed by atoms with Crippen LogP contribution < -0.4 is 4.74 Å². The topological polar surface area (TPSA) is 9.23 Å². The van der Waals surface area contributed by atoms with E-state index in [0.717, 1.165) is 48.4 Å². The molecule has 2 saturated carbocycles. The van der Waals surface area contributed by atoms with E-state index in [2.05, 4.69) is 45.0 Å². The minimum absolute atomic E-state index is 0.751. The molecule has 0 saturated heterocycles. The molecule has 1 nitrogen and oxygen atoms in total. The summed E-state index contributed by atoms with van der Waals surface area (Å²) in [6, 6.07) is 9.07. The van der Waals surface area contributed by atoms with E-state index < -0.39 is 0 Å². The molecular formula is C28H46O. The molecule has 0 radical (unpaired) electrons. The first-order chi connectivity index (χ1) is 14.2. The van der Waals surface area contributed by atoms with E-state index in [-0.39, 0.29) is 0 Å². The van der Waals surface area contributed by atoms with Crippen molar-refractivity contribution >= 4 is 0 Å². The van der Waals surface area contributed by atoms with E-state index in [9.17, 15) is 0 Å². The van der Waals surface area contributed by atoms with E-state index in [0.29, 0.717) is 0 Å². The van der Waals surface area contributed by atoms with Crippen molar-refractivity contribution < 1.29 is 4.74 Å². The highest BCUT2D eigenvalue weighted by atomic mass is 16.5. The van der Waals surface area contributed by atoms with E-state index in [1.165, 1.54) is 77.0 Å². The highest BCUT2D eigenvalue weighted by Crippen LogP contribution is 2.47. The zero-order chi connectivity index (χ0) is 20.5.